The van der Waals surface area contributed by atoms with Crippen LogP contribution in [0.3, 0.4) is 0 Å². The molecule has 2 rings (SSSR count). The van der Waals surface area contributed by atoms with Gasteiger partial charge in [-0.3, -0.25) is 14.9 Å². The van der Waals surface area contributed by atoms with Crippen molar-refractivity contribution in [2.24, 2.45) is 0 Å². The zero-order chi connectivity index (χ0) is 14.7. The minimum absolute atomic E-state index is 0.00471. The SMILES string of the molecule is Cc1c(-n2cc(CCC(=O)O)nn2)cccc1[N+](=O)[O-]. The first-order valence-corrected chi connectivity index (χ1v) is 5.86. The lowest BCUT2D eigenvalue weighted by molar-refractivity contribution is -0.385. The molecule has 0 radical (unpaired) electrons. The van der Waals surface area contributed by atoms with Gasteiger partial charge in [-0.25, -0.2) is 4.68 Å². The van der Waals surface area contributed by atoms with E-state index in [1.54, 1.807) is 25.3 Å². The topological polar surface area (TPSA) is 111 Å². The third kappa shape index (κ3) is 2.79. The number of aryl methyl sites for hydroxylation is 1. The molecule has 0 aliphatic rings. The van der Waals surface area contributed by atoms with Crippen molar-refractivity contribution in [3.8, 4) is 5.69 Å². The first-order valence-electron chi connectivity index (χ1n) is 5.86. The maximum absolute atomic E-state index is 10.9. The molecule has 1 aromatic carbocycles. The average molecular weight is 276 g/mol. The minimum atomic E-state index is -0.911. The predicted octanol–water partition coefficient (Wildman–Crippen LogP) is 1.50. The highest BCUT2D eigenvalue weighted by atomic mass is 16.6. The van der Waals surface area contributed by atoms with E-state index >= 15 is 0 Å². The fraction of sp³-hybridized carbons (Fsp3) is 0.250. The van der Waals surface area contributed by atoms with Gasteiger partial charge in [-0.15, -0.1) is 5.10 Å². The van der Waals surface area contributed by atoms with E-state index < -0.39 is 10.9 Å². The number of aromatic nitrogens is 3. The van der Waals surface area contributed by atoms with Crippen LogP contribution >= 0.6 is 0 Å². The Morgan fingerprint density at radius 2 is 2.25 bits per heavy atom. The molecule has 2 aromatic rings. The van der Waals surface area contributed by atoms with Crippen molar-refractivity contribution < 1.29 is 14.8 Å². The summed E-state index contributed by atoms with van der Waals surface area (Å²) in [5.74, 6) is -0.911. The van der Waals surface area contributed by atoms with Crippen molar-refractivity contribution in [1.29, 1.82) is 0 Å². The summed E-state index contributed by atoms with van der Waals surface area (Å²) >= 11 is 0. The average Bonchev–Trinajstić information content (AvgIpc) is 2.85. The molecular formula is C12H12N4O4. The lowest BCUT2D eigenvalue weighted by Crippen LogP contribution is -2.01. The Labute approximate surface area is 113 Å². The second-order valence-corrected chi connectivity index (χ2v) is 4.23. The maximum atomic E-state index is 10.9. The Hall–Kier alpha value is -2.77. The van der Waals surface area contributed by atoms with Gasteiger partial charge in [0.2, 0.25) is 0 Å². The van der Waals surface area contributed by atoms with Crippen LogP contribution in [-0.2, 0) is 11.2 Å². The number of nitro groups is 1. The standard InChI is InChI=1S/C12H12N4O4/c1-8-10(3-2-4-11(8)16(19)20)15-7-9(13-14-15)5-6-12(17)18/h2-4,7H,5-6H2,1H3,(H,17,18). The van der Waals surface area contributed by atoms with Gasteiger partial charge >= 0.3 is 5.97 Å². The molecule has 0 spiro atoms. The third-order valence-electron chi connectivity index (χ3n) is 2.86. The number of rotatable bonds is 5. The number of aliphatic carboxylic acids is 1. The molecule has 8 nitrogen and oxygen atoms in total. The molecule has 0 atom stereocenters. The number of carboxylic acid groups (broad SMARTS) is 1. The molecule has 0 saturated heterocycles. The Morgan fingerprint density at radius 3 is 2.90 bits per heavy atom. The number of nitro benzene ring substituents is 1. The van der Waals surface area contributed by atoms with Crippen LogP contribution in [0.5, 0.6) is 0 Å². The minimum Gasteiger partial charge on any atom is -0.481 e. The molecular weight excluding hydrogens is 264 g/mol. The number of nitrogens with zero attached hydrogens (tertiary/aromatic N) is 4. The van der Waals surface area contributed by atoms with Gasteiger partial charge in [0.05, 0.1) is 34.5 Å². The Balaban J connectivity index is 2.30. The molecule has 0 saturated carbocycles. The van der Waals surface area contributed by atoms with Gasteiger partial charge in [0.15, 0.2) is 0 Å². The lowest BCUT2D eigenvalue weighted by atomic mass is 10.1. The van der Waals surface area contributed by atoms with Crippen LogP contribution in [0.1, 0.15) is 17.7 Å². The summed E-state index contributed by atoms with van der Waals surface area (Å²) in [6.07, 6.45) is 1.81. The van der Waals surface area contributed by atoms with Crippen molar-refractivity contribution in [2.45, 2.75) is 19.8 Å². The highest BCUT2D eigenvalue weighted by Gasteiger charge is 2.15. The third-order valence-corrected chi connectivity index (χ3v) is 2.86. The zero-order valence-electron chi connectivity index (χ0n) is 10.7. The van der Waals surface area contributed by atoms with Gasteiger partial charge in [0.25, 0.3) is 5.69 Å². The van der Waals surface area contributed by atoms with Gasteiger partial charge < -0.3 is 5.11 Å². The van der Waals surface area contributed by atoms with Gasteiger partial charge in [-0.05, 0) is 13.0 Å². The summed E-state index contributed by atoms with van der Waals surface area (Å²) in [5, 5.41) is 27.2. The van der Waals surface area contributed by atoms with E-state index in [9.17, 15) is 14.9 Å². The van der Waals surface area contributed by atoms with Gasteiger partial charge in [-0.1, -0.05) is 11.3 Å². The summed E-state index contributed by atoms with van der Waals surface area (Å²) in [6.45, 7) is 1.63. The Kier molecular flexibility index (Phi) is 3.74. The highest BCUT2D eigenvalue weighted by molar-refractivity contribution is 5.66. The maximum Gasteiger partial charge on any atom is 0.303 e. The van der Waals surface area contributed by atoms with Crippen molar-refractivity contribution in [2.75, 3.05) is 0 Å². The van der Waals surface area contributed by atoms with Gasteiger partial charge in [0.1, 0.15) is 0 Å². The largest absolute Gasteiger partial charge is 0.481 e. The van der Waals surface area contributed by atoms with Gasteiger partial charge in [0, 0.05) is 12.5 Å². The lowest BCUT2D eigenvalue weighted by Gasteiger charge is -2.04. The predicted molar refractivity (Wildman–Crippen MR) is 68.7 cm³/mol. The normalized spacial score (nSPS) is 10.4. The van der Waals surface area contributed by atoms with Crippen molar-refractivity contribution in [1.82, 2.24) is 15.0 Å². The summed E-state index contributed by atoms with van der Waals surface area (Å²) in [7, 11) is 0. The van der Waals surface area contributed by atoms with Crippen LogP contribution in [0.4, 0.5) is 5.69 Å². The Morgan fingerprint density at radius 1 is 1.50 bits per heavy atom. The van der Waals surface area contributed by atoms with E-state index in [1.165, 1.54) is 10.7 Å². The fourth-order valence-corrected chi connectivity index (χ4v) is 1.82. The zero-order valence-corrected chi connectivity index (χ0v) is 10.7. The highest BCUT2D eigenvalue weighted by Crippen LogP contribution is 2.23. The summed E-state index contributed by atoms with van der Waals surface area (Å²) in [6, 6.07) is 4.68. The second-order valence-electron chi connectivity index (χ2n) is 4.23. The van der Waals surface area contributed by atoms with E-state index in [-0.39, 0.29) is 18.5 Å². The number of hydrogen-bond acceptors (Lipinski definition) is 5. The first-order chi connectivity index (χ1) is 9.49. The van der Waals surface area contributed by atoms with Crippen molar-refractivity contribution in [3.05, 3.63) is 45.8 Å². The van der Waals surface area contributed by atoms with Crippen molar-refractivity contribution >= 4 is 11.7 Å². The molecule has 0 amide bonds. The van der Waals surface area contributed by atoms with Crippen LogP contribution in [0.2, 0.25) is 0 Å². The smallest absolute Gasteiger partial charge is 0.303 e. The molecule has 1 N–H and O–H groups in total. The van der Waals surface area contributed by atoms with E-state index in [1.807, 2.05) is 0 Å². The molecule has 0 aliphatic heterocycles. The molecule has 0 fully saturated rings. The molecule has 1 heterocycles. The summed E-state index contributed by atoms with van der Waals surface area (Å²) < 4.78 is 1.42. The van der Waals surface area contributed by atoms with Crippen LogP contribution in [0, 0.1) is 17.0 Å². The Bertz CT molecular complexity index is 665. The van der Waals surface area contributed by atoms with Crippen molar-refractivity contribution in [3.63, 3.8) is 0 Å². The first kappa shape index (κ1) is 13.7. The fourth-order valence-electron chi connectivity index (χ4n) is 1.82. The molecule has 8 heteroatoms. The molecule has 0 unspecified atom stereocenters. The monoisotopic (exact) mass is 276 g/mol. The van der Waals surface area contributed by atoms with E-state index in [0.717, 1.165) is 0 Å². The van der Waals surface area contributed by atoms with Crippen LogP contribution < -0.4 is 0 Å². The second kappa shape index (κ2) is 5.47. The van der Waals surface area contributed by atoms with E-state index in [2.05, 4.69) is 10.3 Å². The summed E-state index contributed by atoms with van der Waals surface area (Å²) in [5.41, 5.74) is 1.56. The quantitative estimate of drug-likeness (QED) is 0.654. The van der Waals surface area contributed by atoms with Crippen LogP contribution in [-0.4, -0.2) is 31.0 Å². The number of carbonyl (C=O) groups is 1. The van der Waals surface area contributed by atoms with Gasteiger partial charge in [-0.2, -0.15) is 0 Å². The van der Waals surface area contributed by atoms with Crippen LogP contribution in [0.15, 0.2) is 24.4 Å². The van der Waals surface area contributed by atoms with Crippen LogP contribution in [0.25, 0.3) is 5.69 Å². The van der Waals surface area contributed by atoms with E-state index in [4.69, 9.17) is 5.11 Å². The molecule has 20 heavy (non-hydrogen) atoms. The number of carboxylic acids is 1. The van der Waals surface area contributed by atoms with E-state index in [0.29, 0.717) is 16.9 Å². The molecule has 0 aliphatic carbocycles. The summed E-state index contributed by atoms with van der Waals surface area (Å²) in [4.78, 5) is 20.9. The number of benzene rings is 1. The molecule has 0 bridgehead atoms. The molecule has 104 valence electrons. The molecule has 1 aromatic heterocycles. The number of hydrogen-bond donors (Lipinski definition) is 1.